The number of thiazole rings is 1. The van der Waals surface area contributed by atoms with Crippen molar-refractivity contribution in [1.29, 1.82) is 0 Å². The third-order valence-corrected chi connectivity index (χ3v) is 5.63. The fourth-order valence-corrected chi connectivity index (χ4v) is 4.25. The second kappa shape index (κ2) is 6.02. The number of aryl methyl sites for hydroxylation is 2. The molecule has 5 nitrogen and oxygen atoms in total. The van der Waals surface area contributed by atoms with Crippen molar-refractivity contribution in [1.82, 2.24) is 19.7 Å². The Kier molecular flexibility index (Phi) is 4.28. The highest BCUT2D eigenvalue weighted by Crippen LogP contribution is 2.20. The van der Waals surface area contributed by atoms with E-state index in [1.165, 1.54) is 0 Å². The lowest BCUT2D eigenvalue weighted by Gasteiger charge is -2.46. The average Bonchev–Trinajstić information content (AvgIpc) is 2.76. The Morgan fingerprint density at radius 2 is 2.00 bits per heavy atom. The molecular weight excluding hydrogens is 284 g/mol. The summed E-state index contributed by atoms with van der Waals surface area (Å²) in [6.45, 7) is 10.1. The summed E-state index contributed by atoms with van der Waals surface area (Å²) in [7, 11) is 2.17. The van der Waals surface area contributed by atoms with Crippen LogP contribution < -0.4 is 0 Å². The number of rotatable bonds is 2. The highest BCUT2D eigenvalue weighted by atomic mass is 32.1. The molecule has 0 saturated carbocycles. The molecule has 0 radical (unpaired) electrons. The van der Waals surface area contributed by atoms with Gasteiger partial charge in [0.25, 0.3) is 0 Å². The van der Waals surface area contributed by atoms with Crippen LogP contribution in [0.5, 0.6) is 0 Å². The number of carbonyl (C=O) groups excluding carboxylic acids is 1. The molecule has 2 aliphatic rings. The molecule has 1 atom stereocenters. The zero-order valence-corrected chi connectivity index (χ0v) is 13.9. The minimum Gasteiger partial charge on any atom is -0.339 e. The summed E-state index contributed by atoms with van der Waals surface area (Å²) in [5.74, 6) is 0.259. The molecule has 1 aromatic rings. The Hall–Kier alpha value is -0.980. The van der Waals surface area contributed by atoms with Crippen LogP contribution in [0.3, 0.4) is 0 Å². The highest BCUT2D eigenvalue weighted by Gasteiger charge is 2.32. The molecule has 3 rings (SSSR count). The van der Waals surface area contributed by atoms with Crippen LogP contribution in [0.15, 0.2) is 0 Å². The molecule has 2 aliphatic heterocycles. The second-order valence-electron chi connectivity index (χ2n) is 6.21. The quantitative estimate of drug-likeness (QED) is 0.809. The van der Waals surface area contributed by atoms with Crippen molar-refractivity contribution in [2.45, 2.75) is 26.3 Å². The van der Waals surface area contributed by atoms with Gasteiger partial charge in [-0.15, -0.1) is 11.3 Å². The van der Waals surface area contributed by atoms with Gasteiger partial charge in [0.1, 0.15) is 0 Å². The van der Waals surface area contributed by atoms with E-state index in [4.69, 9.17) is 0 Å². The van der Waals surface area contributed by atoms with Crippen LogP contribution in [-0.2, 0) is 11.2 Å². The van der Waals surface area contributed by atoms with E-state index in [2.05, 4.69) is 26.7 Å². The minimum atomic E-state index is 0.259. The third kappa shape index (κ3) is 3.27. The molecule has 2 saturated heterocycles. The zero-order valence-electron chi connectivity index (χ0n) is 13.1. The number of likely N-dealkylation sites (N-methyl/N-ethyl adjacent to an activating group) is 1. The van der Waals surface area contributed by atoms with Gasteiger partial charge in [-0.1, -0.05) is 0 Å². The van der Waals surface area contributed by atoms with Crippen molar-refractivity contribution in [3.63, 3.8) is 0 Å². The summed E-state index contributed by atoms with van der Waals surface area (Å²) in [6.07, 6.45) is 0.514. The number of hydrogen-bond acceptors (Lipinski definition) is 5. The molecule has 3 heterocycles. The first kappa shape index (κ1) is 14.9. The first-order valence-corrected chi connectivity index (χ1v) is 8.48. The van der Waals surface area contributed by atoms with E-state index in [1.54, 1.807) is 11.3 Å². The van der Waals surface area contributed by atoms with E-state index in [0.29, 0.717) is 12.5 Å². The van der Waals surface area contributed by atoms with Crippen molar-refractivity contribution in [2.75, 3.05) is 46.3 Å². The number of aromatic nitrogens is 1. The van der Waals surface area contributed by atoms with Gasteiger partial charge in [0, 0.05) is 50.2 Å². The topological polar surface area (TPSA) is 39.7 Å². The SMILES string of the molecule is Cc1nc(C)c(CC(=O)N2CCN3CCN(C)C[C@H]3C2)s1. The molecule has 6 heteroatoms. The van der Waals surface area contributed by atoms with Crippen molar-refractivity contribution in [3.8, 4) is 0 Å². The fraction of sp³-hybridized carbons (Fsp3) is 0.733. The number of hydrogen-bond donors (Lipinski definition) is 0. The Morgan fingerprint density at radius 3 is 2.71 bits per heavy atom. The van der Waals surface area contributed by atoms with E-state index in [0.717, 1.165) is 54.8 Å². The van der Waals surface area contributed by atoms with Gasteiger partial charge in [-0.3, -0.25) is 9.69 Å². The molecular formula is C15H24N4OS. The first-order chi connectivity index (χ1) is 10.0. The van der Waals surface area contributed by atoms with Crippen LogP contribution in [0.1, 0.15) is 15.6 Å². The molecule has 2 fully saturated rings. The molecule has 0 aliphatic carbocycles. The van der Waals surface area contributed by atoms with Crippen molar-refractivity contribution < 1.29 is 4.79 Å². The van der Waals surface area contributed by atoms with Crippen LogP contribution in [0.25, 0.3) is 0 Å². The van der Waals surface area contributed by atoms with E-state index in [-0.39, 0.29) is 5.91 Å². The Morgan fingerprint density at radius 1 is 1.24 bits per heavy atom. The third-order valence-electron chi connectivity index (χ3n) is 4.56. The normalized spacial score (nSPS) is 24.1. The van der Waals surface area contributed by atoms with Crippen LogP contribution >= 0.6 is 11.3 Å². The molecule has 0 N–H and O–H groups in total. The van der Waals surface area contributed by atoms with Crippen molar-refractivity contribution >= 4 is 17.2 Å². The lowest BCUT2D eigenvalue weighted by molar-refractivity contribution is -0.134. The van der Waals surface area contributed by atoms with Gasteiger partial charge in [0.05, 0.1) is 17.1 Å². The summed E-state index contributed by atoms with van der Waals surface area (Å²) >= 11 is 1.65. The molecule has 0 unspecified atom stereocenters. The molecule has 116 valence electrons. The second-order valence-corrected chi connectivity index (χ2v) is 7.50. The number of piperazine rings is 2. The van der Waals surface area contributed by atoms with E-state index < -0.39 is 0 Å². The number of carbonyl (C=O) groups is 1. The predicted octanol–water partition coefficient (Wildman–Crippen LogP) is 0.761. The van der Waals surface area contributed by atoms with Crippen LogP contribution in [0.4, 0.5) is 0 Å². The Bertz CT molecular complexity index is 530. The summed E-state index contributed by atoms with van der Waals surface area (Å²) < 4.78 is 0. The molecule has 1 aromatic heterocycles. The number of nitrogens with zero attached hydrogens (tertiary/aromatic N) is 4. The van der Waals surface area contributed by atoms with Gasteiger partial charge in [0.15, 0.2) is 0 Å². The lowest BCUT2D eigenvalue weighted by Crippen LogP contribution is -2.62. The highest BCUT2D eigenvalue weighted by molar-refractivity contribution is 7.11. The van der Waals surface area contributed by atoms with Gasteiger partial charge in [0.2, 0.25) is 5.91 Å². The minimum absolute atomic E-state index is 0.259. The van der Waals surface area contributed by atoms with Gasteiger partial charge in [-0.25, -0.2) is 4.98 Å². The average molecular weight is 308 g/mol. The Balaban J connectivity index is 1.62. The predicted molar refractivity (Wildman–Crippen MR) is 84.7 cm³/mol. The van der Waals surface area contributed by atoms with E-state index in [1.807, 2.05) is 13.8 Å². The summed E-state index contributed by atoms with van der Waals surface area (Å²) in [4.78, 5) is 25.1. The largest absolute Gasteiger partial charge is 0.339 e. The monoisotopic (exact) mass is 308 g/mol. The smallest absolute Gasteiger partial charge is 0.227 e. The molecule has 1 amide bonds. The summed E-state index contributed by atoms with van der Waals surface area (Å²) in [5, 5.41) is 1.05. The molecule has 0 bridgehead atoms. The van der Waals surface area contributed by atoms with Crippen molar-refractivity contribution in [2.24, 2.45) is 0 Å². The maximum absolute atomic E-state index is 12.6. The molecule has 21 heavy (non-hydrogen) atoms. The molecule has 0 spiro atoms. The first-order valence-electron chi connectivity index (χ1n) is 7.66. The summed E-state index contributed by atoms with van der Waals surface area (Å²) in [5.41, 5.74) is 1.02. The fourth-order valence-electron chi connectivity index (χ4n) is 3.32. The lowest BCUT2D eigenvalue weighted by atomic mass is 10.1. The standard InChI is InChI=1S/C15H24N4OS/c1-11-14(21-12(2)16-11)8-15(20)19-7-6-18-5-4-17(3)9-13(18)10-19/h13H,4-10H2,1-3H3/t13-/m0/s1. The van der Waals surface area contributed by atoms with Gasteiger partial charge >= 0.3 is 0 Å². The van der Waals surface area contributed by atoms with Crippen LogP contribution in [-0.4, -0.2) is 77.9 Å². The van der Waals surface area contributed by atoms with Gasteiger partial charge < -0.3 is 9.80 Å². The maximum atomic E-state index is 12.6. The van der Waals surface area contributed by atoms with Crippen LogP contribution in [0, 0.1) is 13.8 Å². The number of fused-ring (bicyclic) bond motifs is 1. The van der Waals surface area contributed by atoms with E-state index in [9.17, 15) is 4.79 Å². The zero-order chi connectivity index (χ0) is 15.0. The van der Waals surface area contributed by atoms with Gasteiger partial charge in [-0.2, -0.15) is 0 Å². The van der Waals surface area contributed by atoms with Crippen molar-refractivity contribution in [3.05, 3.63) is 15.6 Å². The summed E-state index contributed by atoms with van der Waals surface area (Å²) in [6, 6.07) is 0.505. The molecule has 0 aromatic carbocycles. The maximum Gasteiger partial charge on any atom is 0.227 e. The van der Waals surface area contributed by atoms with E-state index >= 15 is 0 Å². The van der Waals surface area contributed by atoms with Gasteiger partial charge in [-0.05, 0) is 20.9 Å². The van der Waals surface area contributed by atoms with Crippen LogP contribution in [0.2, 0.25) is 0 Å². The Labute approximate surface area is 130 Å². The number of amides is 1.